The zero-order chi connectivity index (χ0) is 15.4. The number of hydrogen-bond donors (Lipinski definition) is 2. The first-order chi connectivity index (χ1) is 9.99. The fraction of sp³-hybridized carbons (Fsp3) is 0.0714. The normalized spacial score (nSPS) is 10.1. The summed E-state index contributed by atoms with van der Waals surface area (Å²) in [6, 6.07) is 8.22. The summed E-state index contributed by atoms with van der Waals surface area (Å²) in [6.07, 6.45) is 0. The van der Waals surface area contributed by atoms with Gasteiger partial charge in [-0.1, -0.05) is 11.6 Å². The van der Waals surface area contributed by atoms with Crippen LogP contribution in [0.3, 0.4) is 0 Å². The van der Waals surface area contributed by atoms with Crippen LogP contribution in [-0.2, 0) is 0 Å². The fourth-order valence-electron chi connectivity index (χ4n) is 1.62. The molecule has 0 heterocycles. The molecule has 2 aromatic carbocycles. The number of halogens is 3. The maximum atomic E-state index is 13.5. The van der Waals surface area contributed by atoms with Crippen LogP contribution in [0.1, 0.15) is 0 Å². The second-order valence-corrected chi connectivity index (χ2v) is 4.87. The Labute approximate surface area is 130 Å². The molecule has 0 aliphatic carbocycles. The molecule has 0 amide bonds. The fourth-order valence-corrected chi connectivity index (χ4v) is 2.06. The van der Waals surface area contributed by atoms with Gasteiger partial charge in [-0.2, -0.15) is 0 Å². The van der Waals surface area contributed by atoms with E-state index in [1.165, 1.54) is 37.4 Å². The Morgan fingerprint density at radius 1 is 1.14 bits per heavy atom. The Morgan fingerprint density at radius 3 is 2.52 bits per heavy atom. The van der Waals surface area contributed by atoms with Gasteiger partial charge in [-0.05, 0) is 42.5 Å². The average molecular weight is 329 g/mol. The minimum absolute atomic E-state index is 0.140. The van der Waals surface area contributed by atoms with Crippen molar-refractivity contribution in [1.82, 2.24) is 0 Å². The number of anilines is 2. The molecule has 21 heavy (non-hydrogen) atoms. The van der Waals surface area contributed by atoms with Crippen molar-refractivity contribution in [2.24, 2.45) is 0 Å². The van der Waals surface area contributed by atoms with Gasteiger partial charge in [0.15, 0.2) is 16.7 Å². The van der Waals surface area contributed by atoms with E-state index in [-0.39, 0.29) is 15.9 Å². The van der Waals surface area contributed by atoms with Crippen LogP contribution >= 0.6 is 23.8 Å². The number of thiocarbonyl (C=S) groups is 1. The lowest BCUT2D eigenvalue weighted by Crippen LogP contribution is -2.19. The molecule has 110 valence electrons. The topological polar surface area (TPSA) is 33.3 Å². The molecule has 0 radical (unpaired) electrons. The van der Waals surface area contributed by atoms with Crippen LogP contribution < -0.4 is 15.4 Å². The second-order valence-electron chi connectivity index (χ2n) is 4.05. The van der Waals surface area contributed by atoms with Gasteiger partial charge in [-0.3, -0.25) is 0 Å². The lowest BCUT2D eigenvalue weighted by Gasteiger charge is -2.12. The van der Waals surface area contributed by atoms with Crippen LogP contribution in [0, 0.1) is 11.6 Å². The molecule has 2 N–H and O–H groups in total. The molecular formula is C14H11ClF2N2OS. The van der Waals surface area contributed by atoms with Gasteiger partial charge >= 0.3 is 0 Å². The highest BCUT2D eigenvalue weighted by Gasteiger charge is 2.07. The maximum absolute atomic E-state index is 13.5. The van der Waals surface area contributed by atoms with Gasteiger partial charge in [0.05, 0.1) is 17.8 Å². The van der Waals surface area contributed by atoms with Gasteiger partial charge in [0, 0.05) is 11.8 Å². The average Bonchev–Trinajstić information content (AvgIpc) is 2.42. The smallest absolute Gasteiger partial charge is 0.175 e. The minimum atomic E-state index is -0.509. The molecule has 0 saturated carbocycles. The second kappa shape index (κ2) is 6.69. The molecule has 2 aromatic rings. The third kappa shape index (κ3) is 4.03. The lowest BCUT2D eigenvalue weighted by molar-refractivity contribution is 0.387. The zero-order valence-corrected chi connectivity index (χ0v) is 12.5. The van der Waals surface area contributed by atoms with Crippen molar-refractivity contribution >= 4 is 40.3 Å². The Balaban J connectivity index is 2.06. The molecule has 0 unspecified atom stereocenters. The quantitative estimate of drug-likeness (QED) is 0.816. The van der Waals surface area contributed by atoms with Gasteiger partial charge in [-0.15, -0.1) is 0 Å². The van der Waals surface area contributed by atoms with E-state index in [1.807, 2.05) is 0 Å². The predicted octanol–water partition coefficient (Wildman–Crippen LogP) is 4.44. The van der Waals surface area contributed by atoms with Gasteiger partial charge in [0.25, 0.3) is 0 Å². The molecule has 7 heteroatoms. The number of hydrogen-bond acceptors (Lipinski definition) is 2. The molecule has 0 bridgehead atoms. The summed E-state index contributed by atoms with van der Waals surface area (Å²) in [6.45, 7) is 0. The number of benzene rings is 2. The predicted molar refractivity (Wildman–Crippen MR) is 84.2 cm³/mol. The van der Waals surface area contributed by atoms with Gasteiger partial charge in [0.1, 0.15) is 5.82 Å². The number of ether oxygens (including phenoxy) is 1. The molecular weight excluding hydrogens is 318 g/mol. The van der Waals surface area contributed by atoms with E-state index in [9.17, 15) is 8.78 Å². The molecule has 3 nitrogen and oxygen atoms in total. The third-order valence-corrected chi connectivity index (χ3v) is 3.11. The van der Waals surface area contributed by atoms with Crippen molar-refractivity contribution in [3.8, 4) is 5.75 Å². The van der Waals surface area contributed by atoms with Crippen LogP contribution in [-0.4, -0.2) is 12.2 Å². The summed E-state index contributed by atoms with van der Waals surface area (Å²) in [5.41, 5.74) is 0.897. The van der Waals surface area contributed by atoms with Crippen molar-refractivity contribution in [3.05, 3.63) is 53.1 Å². The molecule has 0 aromatic heterocycles. The summed E-state index contributed by atoms with van der Waals surface area (Å²) in [5, 5.41) is 6.00. The Hall–Kier alpha value is -1.92. The van der Waals surface area contributed by atoms with Crippen LogP contribution in [0.25, 0.3) is 0 Å². The Kier molecular flexibility index (Phi) is 4.93. The summed E-state index contributed by atoms with van der Waals surface area (Å²) < 4.78 is 31.3. The van der Waals surface area contributed by atoms with E-state index in [1.54, 1.807) is 6.07 Å². The van der Waals surface area contributed by atoms with E-state index in [0.717, 1.165) is 0 Å². The Bertz CT molecular complexity index is 682. The first-order valence-electron chi connectivity index (χ1n) is 5.86. The van der Waals surface area contributed by atoms with Gasteiger partial charge in [-0.25, -0.2) is 8.78 Å². The molecule has 0 aliphatic rings. The van der Waals surface area contributed by atoms with Gasteiger partial charge in [0.2, 0.25) is 0 Å². The highest BCUT2D eigenvalue weighted by Crippen LogP contribution is 2.23. The van der Waals surface area contributed by atoms with Crippen molar-refractivity contribution in [2.45, 2.75) is 0 Å². The van der Waals surface area contributed by atoms with E-state index in [0.29, 0.717) is 11.4 Å². The number of nitrogens with one attached hydrogen (secondary N) is 2. The monoisotopic (exact) mass is 328 g/mol. The lowest BCUT2D eigenvalue weighted by atomic mass is 10.3. The molecule has 0 spiro atoms. The third-order valence-electron chi connectivity index (χ3n) is 2.59. The van der Waals surface area contributed by atoms with Crippen LogP contribution in [0.5, 0.6) is 5.75 Å². The number of methoxy groups -OCH3 is 1. The van der Waals surface area contributed by atoms with Crippen LogP contribution in [0.15, 0.2) is 36.4 Å². The van der Waals surface area contributed by atoms with E-state index in [4.69, 9.17) is 28.6 Å². The highest BCUT2D eigenvalue weighted by atomic mass is 35.5. The summed E-state index contributed by atoms with van der Waals surface area (Å²) in [4.78, 5) is 0. The molecule has 0 aliphatic heterocycles. The largest absolute Gasteiger partial charge is 0.494 e. The van der Waals surface area contributed by atoms with E-state index >= 15 is 0 Å². The highest BCUT2D eigenvalue weighted by molar-refractivity contribution is 7.80. The van der Waals surface area contributed by atoms with Crippen molar-refractivity contribution in [1.29, 1.82) is 0 Å². The number of rotatable bonds is 3. The summed E-state index contributed by atoms with van der Waals surface area (Å²) >= 11 is 11.0. The molecule has 0 saturated heterocycles. The van der Waals surface area contributed by atoms with Crippen molar-refractivity contribution < 1.29 is 13.5 Å². The SMILES string of the molecule is COc1ccc(NC(=S)Nc2ccc(F)cc2Cl)cc1F. The first kappa shape index (κ1) is 15.5. The molecule has 0 atom stereocenters. The zero-order valence-electron chi connectivity index (χ0n) is 10.9. The van der Waals surface area contributed by atoms with Crippen molar-refractivity contribution in [2.75, 3.05) is 17.7 Å². The van der Waals surface area contributed by atoms with Crippen LogP contribution in [0.4, 0.5) is 20.2 Å². The summed E-state index contributed by atoms with van der Waals surface area (Å²) in [7, 11) is 1.38. The maximum Gasteiger partial charge on any atom is 0.175 e. The molecule has 0 fully saturated rings. The first-order valence-corrected chi connectivity index (χ1v) is 6.65. The van der Waals surface area contributed by atoms with Crippen molar-refractivity contribution in [3.63, 3.8) is 0 Å². The summed E-state index contributed by atoms with van der Waals surface area (Å²) in [5.74, 6) is -0.812. The van der Waals surface area contributed by atoms with E-state index in [2.05, 4.69) is 10.6 Å². The Morgan fingerprint density at radius 2 is 1.90 bits per heavy atom. The van der Waals surface area contributed by atoms with E-state index < -0.39 is 11.6 Å². The van der Waals surface area contributed by atoms with Gasteiger partial charge < -0.3 is 15.4 Å². The minimum Gasteiger partial charge on any atom is -0.494 e. The molecule has 2 rings (SSSR count). The standard InChI is InChI=1S/C14H11ClF2N2OS/c1-20-13-5-3-9(7-11(13)17)18-14(21)19-12-4-2-8(16)6-10(12)15/h2-7H,1H3,(H2,18,19,21). The van der Waals surface area contributed by atoms with Crippen LogP contribution in [0.2, 0.25) is 5.02 Å².